The third-order valence-electron chi connectivity index (χ3n) is 4.47. The standard InChI is InChI=1S/C16H17N3O2/c20-16-12-8-4-3-7-11(12)13(17-16)9-14-18-15(19-21-14)10-5-1-2-6-10/h3-4,7-8,10,13H,1-2,5-6,9H2,(H,17,20). The summed E-state index contributed by atoms with van der Waals surface area (Å²) < 4.78 is 5.38. The number of nitrogens with zero attached hydrogens (tertiary/aromatic N) is 2. The molecular weight excluding hydrogens is 266 g/mol. The fourth-order valence-corrected chi connectivity index (χ4v) is 3.36. The number of hydrogen-bond acceptors (Lipinski definition) is 4. The first-order valence-electron chi connectivity index (χ1n) is 7.53. The van der Waals surface area contributed by atoms with Crippen molar-refractivity contribution < 1.29 is 9.32 Å². The molecule has 1 aromatic heterocycles. The first-order valence-corrected chi connectivity index (χ1v) is 7.53. The highest BCUT2D eigenvalue weighted by Crippen LogP contribution is 2.33. The highest BCUT2D eigenvalue weighted by Gasteiger charge is 2.30. The zero-order valence-corrected chi connectivity index (χ0v) is 11.7. The second-order valence-corrected chi connectivity index (χ2v) is 5.85. The molecule has 1 N–H and O–H groups in total. The Labute approximate surface area is 122 Å². The van der Waals surface area contributed by atoms with Gasteiger partial charge in [-0.1, -0.05) is 36.2 Å². The van der Waals surface area contributed by atoms with Crippen molar-refractivity contribution in [3.8, 4) is 0 Å². The van der Waals surface area contributed by atoms with Crippen LogP contribution in [0.1, 0.15) is 65.3 Å². The van der Waals surface area contributed by atoms with Crippen LogP contribution in [0.15, 0.2) is 28.8 Å². The van der Waals surface area contributed by atoms with Crippen LogP contribution in [-0.4, -0.2) is 16.0 Å². The summed E-state index contributed by atoms with van der Waals surface area (Å²) in [6, 6.07) is 7.59. The van der Waals surface area contributed by atoms with Crippen LogP contribution < -0.4 is 5.32 Å². The Morgan fingerprint density at radius 2 is 2.05 bits per heavy atom. The lowest BCUT2D eigenvalue weighted by molar-refractivity contribution is 0.0955. The van der Waals surface area contributed by atoms with E-state index in [-0.39, 0.29) is 11.9 Å². The summed E-state index contributed by atoms with van der Waals surface area (Å²) in [4.78, 5) is 16.4. The number of nitrogens with one attached hydrogen (secondary N) is 1. The van der Waals surface area contributed by atoms with Crippen LogP contribution in [0.25, 0.3) is 0 Å². The molecule has 5 nitrogen and oxygen atoms in total. The van der Waals surface area contributed by atoms with E-state index in [4.69, 9.17) is 4.52 Å². The number of rotatable bonds is 3. The normalized spacial score (nSPS) is 21.5. The Kier molecular flexibility index (Phi) is 2.98. The van der Waals surface area contributed by atoms with Crippen LogP contribution >= 0.6 is 0 Å². The number of carbonyl (C=O) groups excluding carboxylic acids is 1. The van der Waals surface area contributed by atoms with Gasteiger partial charge < -0.3 is 9.84 Å². The van der Waals surface area contributed by atoms with Gasteiger partial charge in [-0.2, -0.15) is 4.98 Å². The molecule has 1 amide bonds. The first-order chi connectivity index (χ1) is 10.3. The van der Waals surface area contributed by atoms with E-state index in [1.54, 1.807) is 0 Å². The number of amides is 1. The predicted octanol–water partition coefficient (Wildman–Crippen LogP) is 2.75. The number of carbonyl (C=O) groups is 1. The summed E-state index contributed by atoms with van der Waals surface area (Å²) >= 11 is 0. The van der Waals surface area contributed by atoms with Crippen molar-refractivity contribution in [2.75, 3.05) is 0 Å². The quantitative estimate of drug-likeness (QED) is 0.940. The van der Waals surface area contributed by atoms with Crippen molar-refractivity contribution in [1.82, 2.24) is 15.5 Å². The minimum absolute atomic E-state index is 0.0221. The maximum Gasteiger partial charge on any atom is 0.252 e. The molecule has 1 saturated carbocycles. The third-order valence-corrected chi connectivity index (χ3v) is 4.47. The summed E-state index contributed by atoms with van der Waals surface area (Å²) in [5.41, 5.74) is 1.76. The van der Waals surface area contributed by atoms with Crippen molar-refractivity contribution in [2.45, 2.75) is 44.1 Å². The number of benzene rings is 1. The topological polar surface area (TPSA) is 68.0 Å². The maximum atomic E-state index is 11.9. The van der Waals surface area contributed by atoms with Crippen LogP contribution in [0.4, 0.5) is 0 Å². The molecule has 1 aliphatic heterocycles. The minimum Gasteiger partial charge on any atom is -0.345 e. The molecule has 0 spiro atoms. The zero-order chi connectivity index (χ0) is 14.2. The van der Waals surface area contributed by atoms with Gasteiger partial charge in [-0.25, -0.2) is 0 Å². The van der Waals surface area contributed by atoms with Gasteiger partial charge >= 0.3 is 0 Å². The highest BCUT2D eigenvalue weighted by atomic mass is 16.5. The second-order valence-electron chi connectivity index (χ2n) is 5.85. The summed E-state index contributed by atoms with van der Waals surface area (Å²) in [5, 5.41) is 7.10. The van der Waals surface area contributed by atoms with Gasteiger partial charge in [0.15, 0.2) is 5.82 Å². The predicted molar refractivity (Wildman–Crippen MR) is 75.9 cm³/mol. The molecule has 2 aromatic rings. The molecule has 21 heavy (non-hydrogen) atoms. The molecule has 1 unspecified atom stereocenters. The van der Waals surface area contributed by atoms with Crippen LogP contribution in [0.3, 0.4) is 0 Å². The van der Waals surface area contributed by atoms with Crippen molar-refractivity contribution >= 4 is 5.91 Å². The number of hydrogen-bond donors (Lipinski definition) is 1. The van der Waals surface area contributed by atoms with E-state index in [1.165, 1.54) is 12.8 Å². The van der Waals surface area contributed by atoms with Crippen LogP contribution in [0.2, 0.25) is 0 Å². The molecular formula is C16H17N3O2. The summed E-state index contributed by atoms with van der Waals surface area (Å²) in [7, 11) is 0. The molecule has 5 heteroatoms. The Hall–Kier alpha value is -2.17. The van der Waals surface area contributed by atoms with Gasteiger partial charge in [0.1, 0.15) is 0 Å². The molecule has 0 saturated heterocycles. The maximum absolute atomic E-state index is 11.9. The molecule has 108 valence electrons. The van der Waals surface area contributed by atoms with E-state index >= 15 is 0 Å². The van der Waals surface area contributed by atoms with Gasteiger partial charge in [0.2, 0.25) is 5.89 Å². The Balaban J connectivity index is 1.53. The fourth-order valence-electron chi connectivity index (χ4n) is 3.36. The SMILES string of the molecule is O=C1NC(Cc2nc(C3CCCC3)no2)c2ccccc21. The molecule has 0 radical (unpaired) electrons. The van der Waals surface area contributed by atoms with Crippen molar-refractivity contribution in [3.05, 3.63) is 47.1 Å². The zero-order valence-electron chi connectivity index (χ0n) is 11.7. The lowest BCUT2D eigenvalue weighted by Gasteiger charge is -2.08. The average Bonchev–Trinajstić information content (AvgIpc) is 3.21. The molecule has 1 aromatic carbocycles. The van der Waals surface area contributed by atoms with E-state index in [0.29, 0.717) is 18.2 Å². The van der Waals surface area contributed by atoms with E-state index in [1.807, 2.05) is 24.3 Å². The van der Waals surface area contributed by atoms with Crippen molar-refractivity contribution in [2.24, 2.45) is 0 Å². The average molecular weight is 283 g/mol. The Bertz CT molecular complexity index is 674. The molecule has 2 heterocycles. The molecule has 4 rings (SSSR count). The van der Waals surface area contributed by atoms with Crippen LogP contribution in [-0.2, 0) is 6.42 Å². The lowest BCUT2D eigenvalue weighted by atomic mass is 10.0. The Morgan fingerprint density at radius 3 is 2.90 bits per heavy atom. The molecule has 2 aliphatic rings. The van der Waals surface area contributed by atoms with Crippen LogP contribution in [0.5, 0.6) is 0 Å². The van der Waals surface area contributed by atoms with E-state index in [9.17, 15) is 4.79 Å². The monoisotopic (exact) mass is 283 g/mol. The number of aromatic nitrogens is 2. The lowest BCUT2D eigenvalue weighted by Crippen LogP contribution is -2.20. The van der Waals surface area contributed by atoms with Gasteiger partial charge in [0.05, 0.1) is 12.5 Å². The van der Waals surface area contributed by atoms with E-state index in [0.717, 1.165) is 29.8 Å². The van der Waals surface area contributed by atoms with Crippen LogP contribution in [0, 0.1) is 0 Å². The smallest absolute Gasteiger partial charge is 0.252 e. The summed E-state index contributed by atoms with van der Waals surface area (Å²) in [6.07, 6.45) is 5.37. The van der Waals surface area contributed by atoms with Gasteiger partial charge in [0.25, 0.3) is 5.91 Å². The number of fused-ring (bicyclic) bond motifs is 1. The largest absolute Gasteiger partial charge is 0.345 e. The molecule has 1 fully saturated rings. The fraction of sp³-hybridized carbons (Fsp3) is 0.438. The van der Waals surface area contributed by atoms with Crippen molar-refractivity contribution in [1.29, 1.82) is 0 Å². The summed E-state index contributed by atoms with van der Waals surface area (Å²) in [5.74, 6) is 1.87. The Morgan fingerprint density at radius 1 is 1.24 bits per heavy atom. The van der Waals surface area contributed by atoms with Gasteiger partial charge in [-0.15, -0.1) is 0 Å². The molecule has 0 bridgehead atoms. The van der Waals surface area contributed by atoms with Crippen molar-refractivity contribution in [3.63, 3.8) is 0 Å². The second kappa shape index (κ2) is 4.98. The summed E-state index contributed by atoms with van der Waals surface area (Å²) in [6.45, 7) is 0. The van der Waals surface area contributed by atoms with Gasteiger partial charge in [0, 0.05) is 11.5 Å². The highest BCUT2D eigenvalue weighted by molar-refractivity contribution is 5.99. The molecule has 1 aliphatic carbocycles. The molecule has 1 atom stereocenters. The minimum atomic E-state index is -0.0643. The van der Waals surface area contributed by atoms with E-state index in [2.05, 4.69) is 15.5 Å². The van der Waals surface area contributed by atoms with E-state index < -0.39 is 0 Å². The third kappa shape index (κ3) is 2.22. The first kappa shape index (κ1) is 12.6. The van der Waals surface area contributed by atoms with Gasteiger partial charge in [-0.3, -0.25) is 4.79 Å². The van der Waals surface area contributed by atoms with Gasteiger partial charge in [-0.05, 0) is 24.5 Å².